The summed E-state index contributed by atoms with van der Waals surface area (Å²) in [6, 6.07) is 8.86. The van der Waals surface area contributed by atoms with Gasteiger partial charge in [-0.3, -0.25) is 9.78 Å². The van der Waals surface area contributed by atoms with Gasteiger partial charge in [0.1, 0.15) is 9.88 Å². The Morgan fingerprint density at radius 3 is 2.77 bits per heavy atom. The van der Waals surface area contributed by atoms with Crippen molar-refractivity contribution >= 4 is 52.0 Å². The molecule has 4 nitrogen and oxygen atoms in total. The van der Waals surface area contributed by atoms with Crippen LogP contribution in [0.1, 0.15) is 22.2 Å². The van der Waals surface area contributed by atoms with Crippen molar-refractivity contribution in [2.24, 2.45) is 0 Å². The lowest BCUT2D eigenvalue weighted by Gasteiger charge is -2.14. The van der Waals surface area contributed by atoms with Gasteiger partial charge in [-0.15, -0.1) is 11.3 Å². The second-order valence-corrected chi connectivity index (χ2v) is 7.90. The molecule has 1 N–H and O–H groups in total. The van der Waals surface area contributed by atoms with Gasteiger partial charge in [-0.05, 0) is 43.2 Å². The van der Waals surface area contributed by atoms with Gasteiger partial charge < -0.3 is 5.32 Å². The molecule has 0 aliphatic rings. The minimum Gasteiger partial charge on any atom is -0.348 e. The lowest BCUT2D eigenvalue weighted by molar-refractivity contribution is 0.0944. The maximum atomic E-state index is 12.6. The predicted molar refractivity (Wildman–Crippen MR) is 107 cm³/mol. The second-order valence-electron chi connectivity index (χ2n) is 5.70. The van der Waals surface area contributed by atoms with Gasteiger partial charge in [-0.2, -0.15) is 0 Å². The first kappa shape index (κ1) is 19.1. The third-order valence-corrected chi connectivity index (χ3v) is 5.69. The smallest absolute Gasteiger partial charge is 0.264 e. The summed E-state index contributed by atoms with van der Waals surface area (Å²) in [6.45, 7) is 1.90. The van der Waals surface area contributed by atoms with Crippen LogP contribution in [0.5, 0.6) is 0 Å². The van der Waals surface area contributed by atoms with E-state index < -0.39 is 0 Å². The first-order valence-electron chi connectivity index (χ1n) is 7.75. The zero-order valence-electron chi connectivity index (χ0n) is 13.7. The average molecular weight is 427 g/mol. The van der Waals surface area contributed by atoms with Gasteiger partial charge >= 0.3 is 0 Å². The molecule has 0 saturated carbocycles. The topological polar surface area (TPSA) is 54.9 Å². The highest BCUT2D eigenvalue weighted by Crippen LogP contribution is 2.30. The van der Waals surface area contributed by atoms with Gasteiger partial charge in [0.25, 0.3) is 5.91 Å². The predicted octanol–water partition coefficient (Wildman–Crippen LogP) is 5.53. The molecule has 0 aliphatic carbocycles. The summed E-state index contributed by atoms with van der Waals surface area (Å²) in [5.74, 6) is -0.264. The van der Waals surface area contributed by atoms with Crippen molar-refractivity contribution in [3.8, 4) is 10.6 Å². The Labute approximate surface area is 170 Å². The summed E-state index contributed by atoms with van der Waals surface area (Å²) < 4.78 is 0. The van der Waals surface area contributed by atoms with Crippen LogP contribution in [-0.4, -0.2) is 21.9 Å². The number of hydrogen-bond donors (Lipinski definition) is 1. The molecule has 0 aliphatic heterocycles. The number of benzene rings is 1. The van der Waals surface area contributed by atoms with Gasteiger partial charge in [-0.1, -0.05) is 40.9 Å². The van der Waals surface area contributed by atoms with E-state index >= 15 is 0 Å². The largest absolute Gasteiger partial charge is 0.348 e. The van der Waals surface area contributed by atoms with Crippen molar-refractivity contribution < 1.29 is 4.79 Å². The van der Waals surface area contributed by atoms with Crippen LogP contribution in [0.25, 0.3) is 10.6 Å². The first-order valence-corrected chi connectivity index (χ1v) is 9.70. The van der Waals surface area contributed by atoms with Crippen LogP contribution < -0.4 is 5.32 Å². The molecule has 0 radical (unpaired) electrons. The molecule has 0 saturated heterocycles. The maximum absolute atomic E-state index is 12.6. The van der Waals surface area contributed by atoms with E-state index in [0.717, 1.165) is 11.1 Å². The standard InChI is InChI=1S/C18H14Cl3N3OS/c1-10(7-11-4-5-13(19)8-14(11)20)23-17(25)15-16(21)24-18(26-15)12-3-2-6-22-9-12/h2-6,8-10H,7H2,1H3,(H,23,25). The average Bonchev–Trinajstić information content (AvgIpc) is 3.00. The number of thiazole rings is 1. The van der Waals surface area contributed by atoms with Crippen LogP contribution in [0.2, 0.25) is 15.2 Å². The third kappa shape index (κ3) is 4.54. The summed E-state index contributed by atoms with van der Waals surface area (Å²) in [7, 11) is 0. The van der Waals surface area contributed by atoms with Gasteiger partial charge in [-0.25, -0.2) is 4.98 Å². The number of hydrogen-bond acceptors (Lipinski definition) is 4. The fourth-order valence-corrected chi connectivity index (χ4v) is 4.08. The monoisotopic (exact) mass is 425 g/mol. The van der Waals surface area contributed by atoms with E-state index in [9.17, 15) is 4.79 Å². The van der Waals surface area contributed by atoms with Crippen LogP contribution in [0.4, 0.5) is 0 Å². The normalized spacial score (nSPS) is 12.0. The van der Waals surface area contributed by atoms with E-state index in [0.29, 0.717) is 26.4 Å². The Morgan fingerprint density at radius 1 is 1.27 bits per heavy atom. The molecule has 134 valence electrons. The molecule has 0 fully saturated rings. The van der Waals surface area contributed by atoms with E-state index in [-0.39, 0.29) is 17.1 Å². The summed E-state index contributed by atoms with van der Waals surface area (Å²) in [5.41, 5.74) is 1.73. The maximum Gasteiger partial charge on any atom is 0.264 e. The highest BCUT2D eigenvalue weighted by atomic mass is 35.5. The number of pyridine rings is 1. The summed E-state index contributed by atoms with van der Waals surface area (Å²) in [5, 5.41) is 4.93. The van der Waals surface area contributed by atoms with Crippen molar-refractivity contribution in [1.82, 2.24) is 15.3 Å². The fraction of sp³-hybridized carbons (Fsp3) is 0.167. The molecule has 1 amide bonds. The van der Waals surface area contributed by atoms with Crippen LogP contribution in [0, 0.1) is 0 Å². The van der Waals surface area contributed by atoms with Crippen molar-refractivity contribution in [2.45, 2.75) is 19.4 Å². The third-order valence-electron chi connectivity index (χ3n) is 3.62. The molecule has 8 heteroatoms. The Balaban J connectivity index is 1.70. The lowest BCUT2D eigenvalue weighted by Crippen LogP contribution is -2.33. The van der Waals surface area contributed by atoms with E-state index in [4.69, 9.17) is 34.8 Å². The number of nitrogens with zero attached hydrogens (tertiary/aromatic N) is 2. The Hall–Kier alpha value is -1.66. The van der Waals surface area contributed by atoms with Crippen molar-refractivity contribution in [2.75, 3.05) is 0 Å². The molecule has 1 aromatic carbocycles. The minimum absolute atomic E-state index is 0.138. The quantitative estimate of drug-likeness (QED) is 0.584. The zero-order valence-corrected chi connectivity index (χ0v) is 16.8. The molecular weight excluding hydrogens is 413 g/mol. The SMILES string of the molecule is CC(Cc1ccc(Cl)cc1Cl)NC(=O)c1sc(-c2cccnc2)nc1Cl. The highest BCUT2D eigenvalue weighted by molar-refractivity contribution is 7.17. The zero-order chi connectivity index (χ0) is 18.7. The van der Waals surface area contributed by atoms with Gasteiger partial charge in [0, 0.05) is 34.0 Å². The Morgan fingerprint density at radius 2 is 2.08 bits per heavy atom. The lowest BCUT2D eigenvalue weighted by atomic mass is 10.1. The molecule has 2 aromatic heterocycles. The van der Waals surface area contributed by atoms with Crippen molar-refractivity contribution in [3.05, 3.63) is 68.4 Å². The highest BCUT2D eigenvalue weighted by Gasteiger charge is 2.19. The van der Waals surface area contributed by atoms with E-state index in [2.05, 4.69) is 15.3 Å². The van der Waals surface area contributed by atoms with Crippen LogP contribution in [-0.2, 0) is 6.42 Å². The fourth-order valence-electron chi connectivity index (χ4n) is 2.41. The van der Waals surface area contributed by atoms with Crippen LogP contribution >= 0.6 is 46.1 Å². The van der Waals surface area contributed by atoms with Crippen molar-refractivity contribution in [1.29, 1.82) is 0 Å². The molecule has 0 bridgehead atoms. The van der Waals surface area contributed by atoms with Crippen LogP contribution in [0.3, 0.4) is 0 Å². The number of amides is 1. The van der Waals surface area contributed by atoms with Crippen LogP contribution in [0.15, 0.2) is 42.7 Å². The van der Waals surface area contributed by atoms with E-state index in [1.54, 1.807) is 24.5 Å². The molecule has 1 atom stereocenters. The van der Waals surface area contributed by atoms with E-state index in [1.165, 1.54) is 11.3 Å². The number of rotatable bonds is 5. The molecule has 26 heavy (non-hydrogen) atoms. The molecular formula is C18H14Cl3N3OS. The van der Waals surface area contributed by atoms with Crippen molar-refractivity contribution in [3.63, 3.8) is 0 Å². The molecule has 0 spiro atoms. The number of aromatic nitrogens is 2. The van der Waals surface area contributed by atoms with Gasteiger partial charge in [0.2, 0.25) is 0 Å². The molecule has 3 aromatic rings. The number of halogens is 3. The first-order chi connectivity index (χ1) is 12.4. The van der Waals surface area contributed by atoms with Gasteiger partial charge in [0.15, 0.2) is 5.15 Å². The summed E-state index contributed by atoms with van der Waals surface area (Å²) in [4.78, 5) is 21.2. The Bertz CT molecular complexity index is 931. The summed E-state index contributed by atoms with van der Waals surface area (Å²) >= 11 is 19.5. The number of nitrogens with one attached hydrogen (secondary N) is 1. The van der Waals surface area contributed by atoms with Gasteiger partial charge in [0.05, 0.1) is 0 Å². The Kier molecular flexibility index (Phi) is 6.14. The summed E-state index contributed by atoms with van der Waals surface area (Å²) in [6.07, 6.45) is 3.94. The number of carbonyl (C=O) groups excluding carboxylic acids is 1. The minimum atomic E-state index is -0.264. The molecule has 3 rings (SSSR count). The molecule has 2 heterocycles. The van der Waals surface area contributed by atoms with E-state index in [1.807, 2.05) is 25.1 Å². The molecule has 1 unspecified atom stereocenters. The second kappa shape index (κ2) is 8.35. The number of carbonyl (C=O) groups is 1.